The van der Waals surface area contributed by atoms with E-state index in [1.165, 1.54) is 13.2 Å². The van der Waals surface area contributed by atoms with Crippen LogP contribution < -0.4 is 0 Å². The Morgan fingerprint density at radius 2 is 2.12 bits per heavy atom. The van der Waals surface area contributed by atoms with Crippen molar-refractivity contribution in [2.24, 2.45) is 0 Å². The number of thiol groups is 1. The lowest BCUT2D eigenvalue weighted by Gasteiger charge is -2.18. The molecule has 0 fully saturated rings. The average Bonchev–Trinajstić information content (AvgIpc) is 2.36. The minimum absolute atomic E-state index is 0.142. The summed E-state index contributed by atoms with van der Waals surface area (Å²) >= 11 is 3.92. The molecule has 4 nitrogen and oxygen atoms in total. The summed E-state index contributed by atoms with van der Waals surface area (Å²) in [4.78, 5) is 11.4. The molecule has 2 N–H and O–H groups in total. The molecule has 0 bridgehead atoms. The van der Waals surface area contributed by atoms with Gasteiger partial charge in [0.2, 0.25) is 0 Å². The zero-order chi connectivity index (χ0) is 13.0. The Hall–Kier alpha value is -1.04. The first kappa shape index (κ1) is 14.0. The van der Waals surface area contributed by atoms with Gasteiger partial charge < -0.3 is 14.9 Å². The van der Waals surface area contributed by atoms with Crippen LogP contribution in [0.5, 0.6) is 0 Å². The maximum Gasteiger partial charge on any atom is 0.337 e. The lowest BCUT2D eigenvalue weighted by molar-refractivity contribution is 0.0332. The van der Waals surface area contributed by atoms with Crippen LogP contribution in [0.2, 0.25) is 0 Å². The molecule has 0 saturated carbocycles. The molecule has 0 saturated heterocycles. The number of benzene rings is 1. The molecule has 0 spiro atoms. The summed E-state index contributed by atoms with van der Waals surface area (Å²) in [6.07, 6.45) is -2.03. The number of hydrogen-bond donors (Lipinski definition) is 3. The molecule has 0 heterocycles. The Morgan fingerprint density at radius 1 is 1.47 bits per heavy atom. The Kier molecular flexibility index (Phi) is 4.99. The fourth-order valence-corrected chi connectivity index (χ4v) is 1.71. The van der Waals surface area contributed by atoms with Crippen molar-refractivity contribution < 1.29 is 19.7 Å². The number of aliphatic hydroxyl groups excluding tert-OH is 2. The maximum atomic E-state index is 11.4. The van der Waals surface area contributed by atoms with Crippen LogP contribution in [0.15, 0.2) is 18.2 Å². The van der Waals surface area contributed by atoms with Crippen LogP contribution in [-0.4, -0.2) is 35.1 Å². The van der Waals surface area contributed by atoms with Gasteiger partial charge in [-0.25, -0.2) is 4.79 Å². The number of methoxy groups -OCH3 is 1. The zero-order valence-electron chi connectivity index (χ0n) is 9.75. The van der Waals surface area contributed by atoms with E-state index < -0.39 is 18.2 Å². The molecule has 2 atom stereocenters. The third-order valence-corrected chi connectivity index (χ3v) is 2.94. The second-order valence-corrected chi connectivity index (χ2v) is 4.12. The SMILES string of the molecule is COC(=O)c1ccc(C)c(C(O)C(O)CS)c1. The van der Waals surface area contributed by atoms with Crippen molar-refractivity contribution in [3.8, 4) is 0 Å². The van der Waals surface area contributed by atoms with E-state index in [-0.39, 0.29) is 5.75 Å². The molecule has 0 aliphatic heterocycles. The lowest BCUT2D eigenvalue weighted by atomic mass is 9.97. The molecule has 0 aliphatic carbocycles. The van der Waals surface area contributed by atoms with Gasteiger partial charge in [-0.2, -0.15) is 12.6 Å². The van der Waals surface area contributed by atoms with E-state index >= 15 is 0 Å². The average molecular weight is 256 g/mol. The number of hydrogen-bond acceptors (Lipinski definition) is 5. The molecule has 1 aromatic carbocycles. The number of carbonyl (C=O) groups is 1. The van der Waals surface area contributed by atoms with Crippen LogP contribution >= 0.6 is 12.6 Å². The van der Waals surface area contributed by atoms with E-state index in [9.17, 15) is 15.0 Å². The minimum Gasteiger partial charge on any atom is -0.465 e. The van der Waals surface area contributed by atoms with Gasteiger partial charge in [0.05, 0.1) is 18.8 Å². The normalized spacial score (nSPS) is 14.2. The highest BCUT2D eigenvalue weighted by molar-refractivity contribution is 7.80. The van der Waals surface area contributed by atoms with E-state index in [1.807, 2.05) is 0 Å². The van der Waals surface area contributed by atoms with Gasteiger partial charge >= 0.3 is 5.97 Å². The predicted octanol–water partition coefficient (Wildman–Crippen LogP) is 1.11. The number of rotatable bonds is 4. The van der Waals surface area contributed by atoms with Crippen LogP contribution in [0, 0.1) is 6.92 Å². The topological polar surface area (TPSA) is 66.8 Å². The Bertz CT molecular complexity index is 405. The highest BCUT2D eigenvalue weighted by Gasteiger charge is 2.20. The molecule has 0 aliphatic rings. The van der Waals surface area contributed by atoms with E-state index in [1.54, 1.807) is 19.1 Å². The first-order chi connectivity index (χ1) is 8.01. The van der Waals surface area contributed by atoms with Crippen molar-refractivity contribution in [1.82, 2.24) is 0 Å². The molecule has 1 aromatic rings. The highest BCUT2D eigenvalue weighted by atomic mass is 32.1. The minimum atomic E-state index is -1.06. The predicted molar refractivity (Wildman–Crippen MR) is 67.3 cm³/mol. The monoisotopic (exact) mass is 256 g/mol. The van der Waals surface area contributed by atoms with Gasteiger partial charge in [0.15, 0.2) is 0 Å². The van der Waals surface area contributed by atoms with Gasteiger partial charge in [0.1, 0.15) is 6.10 Å². The molecular formula is C12H16O4S. The fourth-order valence-electron chi connectivity index (χ4n) is 1.51. The molecule has 1 rings (SSSR count). The Labute approximate surface area is 106 Å². The Morgan fingerprint density at radius 3 is 2.65 bits per heavy atom. The molecule has 17 heavy (non-hydrogen) atoms. The summed E-state index contributed by atoms with van der Waals surface area (Å²) in [6, 6.07) is 4.85. The van der Waals surface area contributed by atoms with Crippen molar-refractivity contribution in [3.05, 3.63) is 34.9 Å². The van der Waals surface area contributed by atoms with Crippen molar-refractivity contribution in [2.45, 2.75) is 19.1 Å². The second-order valence-electron chi connectivity index (χ2n) is 3.76. The number of esters is 1. The molecule has 0 aromatic heterocycles. The highest BCUT2D eigenvalue weighted by Crippen LogP contribution is 2.23. The van der Waals surface area contributed by atoms with Crippen LogP contribution in [0.1, 0.15) is 27.6 Å². The van der Waals surface area contributed by atoms with Crippen LogP contribution in [-0.2, 0) is 4.74 Å². The molecule has 94 valence electrons. The largest absolute Gasteiger partial charge is 0.465 e. The number of aliphatic hydroxyl groups is 2. The van der Waals surface area contributed by atoms with E-state index in [2.05, 4.69) is 17.4 Å². The zero-order valence-corrected chi connectivity index (χ0v) is 10.6. The smallest absolute Gasteiger partial charge is 0.337 e. The third kappa shape index (κ3) is 3.21. The maximum absolute atomic E-state index is 11.4. The van der Waals surface area contributed by atoms with Gasteiger partial charge in [0.25, 0.3) is 0 Å². The summed E-state index contributed by atoms with van der Waals surface area (Å²) in [5, 5.41) is 19.4. The lowest BCUT2D eigenvalue weighted by Crippen LogP contribution is -2.21. The third-order valence-electron chi connectivity index (χ3n) is 2.57. The van der Waals surface area contributed by atoms with E-state index in [0.29, 0.717) is 11.1 Å². The van der Waals surface area contributed by atoms with Gasteiger partial charge in [-0.05, 0) is 30.2 Å². The number of aryl methyl sites for hydroxylation is 1. The van der Waals surface area contributed by atoms with Gasteiger partial charge in [-0.1, -0.05) is 6.07 Å². The summed E-state index contributed by atoms with van der Waals surface area (Å²) in [5.74, 6) is -0.331. The van der Waals surface area contributed by atoms with Gasteiger partial charge in [-0.3, -0.25) is 0 Å². The quantitative estimate of drug-likeness (QED) is 0.557. The Balaban J connectivity index is 3.10. The van der Waals surface area contributed by atoms with Crippen LogP contribution in [0.4, 0.5) is 0 Å². The fraction of sp³-hybridized carbons (Fsp3) is 0.417. The summed E-state index contributed by atoms with van der Waals surface area (Å²) < 4.78 is 4.60. The number of ether oxygens (including phenoxy) is 1. The molecular weight excluding hydrogens is 240 g/mol. The first-order valence-corrected chi connectivity index (χ1v) is 5.80. The first-order valence-electron chi connectivity index (χ1n) is 5.17. The molecule has 0 amide bonds. The van der Waals surface area contributed by atoms with Gasteiger partial charge in [-0.15, -0.1) is 0 Å². The van der Waals surface area contributed by atoms with E-state index in [0.717, 1.165) is 5.56 Å². The van der Waals surface area contributed by atoms with Crippen LogP contribution in [0.25, 0.3) is 0 Å². The van der Waals surface area contributed by atoms with E-state index in [4.69, 9.17) is 0 Å². The number of carbonyl (C=O) groups excluding carboxylic acids is 1. The van der Waals surface area contributed by atoms with Crippen molar-refractivity contribution in [1.29, 1.82) is 0 Å². The van der Waals surface area contributed by atoms with Crippen molar-refractivity contribution in [2.75, 3.05) is 12.9 Å². The molecule has 2 unspecified atom stereocenters. The summed E-state index contributed by atoms with van der Waals surface area (Å²) in [5.41, 5.74) is 1.65. The molecule has 5 heteroatoms. The van der Waals surface area contributed by atoms with Crippen molar-refractivity contribution >= 4 is 18.6 Å². The standard InChI is InChI=1S/C12H16O4S/c1-7-3-4-8(12(15)16-2)5-9(7)11(14)10(13)6-17/h3-5,10-11,13-14,17H,6H2,1-2H3. The second kappa shape index (κ2) is 6.05. The molecule has 0 radical (unpaired) electrons. The summed E-state index contributed by atoms with van der Waals surface area (Å²) in [7, 11) is 1.29. The van der Waals surface area contributed by atoms with Crippen LogP contribution in [0.3, 0.4) is 0 Å². The van der Waals surface area contributed by atoms with Crippen molar-refractivity contribution in [3.63, 3.8) is 0 Å². The summed E-state index contributed by atoms with van der Waals surface area (Å²) in [6.45, 7) is 1.80. The van der Waals surface area contributed by atoms with Gasteiger partial charge in [0, 0.05) is 5.75 Å².